The Morgan fingerprint density at radius 3 is 2.41 bits per heavy atom. The molecule has 0 aromatic heterocycles. The average Bonchev–Trinajstić information content (AvgIpc) is 2.34. The Morgan fingerprint density at radius 1 is 1.12 bits per heavy atom. The van der Waals surface area contributed by atoms with Crippen LogP contribution in [0.2, 0.25) is 0 Å². The highest BCUT2D eigenvalue weighted by molar-refractivity contribution is 5.25. The molecule has 0 spiro atoms. The van der Waals surface area contributed by atoms with E-state index in [2.05, 4.69) is 11.0 Å². The molecule has 0 amide bonds. The van der Waals surface area contributed by atoms with E-state index in [0.29, 0.717) is 6.61 Å². The molecule has 0 N–H and O–H groups in total. The van der Waals surface area contributed by atoms with Crippen molar-refractivity contribution in [3.05, 3.63) is 29.8 Å². The maximum atomic E-state index is 13.2. The third-order valence-electron chi connectivity index (χ3n) is 2.96. The first-order valence-electron chi connectivity index (χ1n) is 5.97. The van der Waals surface area contributed by atoms with Crippen molar-refractivity contribution < 1.29 is 13.5 Å². The van der Waals surface area contributed by atoms with Gasteiger partial charge in [-0.1, -0.05) is 6.42 Å². The first-order chi connectivity index (χ1) is 8.27. The number of halogens is 2. The van der Waals surface area contributed by atoms with Crippen molar-refractivity contribution in [1.82, 2.24) is 4.90 Å². The van der Waals surface area contributed by atoms with Crippen LogP contribution in [0.1, 0.15) is 19.3 Å². The van der Waals surface area contributed by atoms with E-state index in [1.807, 2.05) is 0 Å². The maximum Gasteiger partial charge on any atom is 0.190 e. The molecular formula is C13H16F2NO. The lowest BCUT2D eigenvalue weighted by Gasteiger charge is -2.26. The molecule has 1 aliphatic heterocycles. The Labute approximate surface area is 100 Å². The fourth-order valence-electron chi connectivity index (χ4n) is 2.03. The Kier molecular flexibility index (Phi) is 4.31. The van der Waals surface area contributed by atoms with Crippen LogP contribution in [0.5, 0.6) is 5.75 Å². The second kappa shape index (κ2) is 5.96. The highest BCUT2D eigenvalue weighted by atomic mass is 19.1. The number of piperidine rings is 1. The minimum Gasteiger partial charge on any atom is -0.486 e. The molecule has 0 unspecified atom stereocenters. The van der Waals surface area contributed by atoms with Crippen molar-refractivity contribution in [2.75, 3.05) is 26.2 Å². The molecular weight excluding hydrogens is 224 g/mol. The van der Waals surface area contributed by atoms with E-state index in [4.69, 9.17) is 4.74 Å². The Hall–Kier alpha value is -1.16. The minimum absolute atomic E-state index is 0.291. The van der Waals surface area contributed by atoms with Crippen molar-refractivity contribution in [2.45, 2.75) is 19.3 Å². The molecule has 4 heteroatoms. The van der Waals surface area contributed by atoms with Gasteiger partial charge in [0.05, 0.1) is 0 Å². The largest absolute Gasteiger partial charge is 0.486 e. The second-order valence-electron chi connectivity index (χ2n) is 4.23. The number of benzene rings is 1. The van der Waals surface area contributed by atoms with Crippen LogP contribution in [0.4, 0.5) is 8.78 Å². The summed E-state index contributed by atoms with van der Waals surface area (Å²) in [7, 11) is 0. The Bertz CT molecular complexity index is 344. The molecule has 1 heterocycles. The van der Waals surface area contributed by atoms with Crippen molar-refractivity contribution in [3.8, 4) is 5.75 Å². The summed E-state index contributed by atoms with van der Waals surface area (Å²) in [5.74, 6) is -1.67. The number of hydrogen-bond donors (Lipinski definition) is 0. The first-order valence-corrected chi connectivity index (χ1v) is 5.97. The lowest BCUT2D eigenvalue weighted by atomic mass is 10.1. The van der Waals surface area contributed by atoms with Crippen LogP contribution in [0.3, 0.4) is 0 Å². The van der Waals surface area contributed by atoms with Gasteiger partial charge in [0.2, 0.25) is 0 Å². The first kappa shape index (κ1) is 12.3. The quantitative estimate of drug-likeness (QED) is 0.802. The monoisotopic (exact) mass is 240 g/mol. The molecule has 17 heavy (non-hydrogen) atoms. The third-order valence-corrected chi connectivity index (χ3v) is 2.96. The summed E-state index contributed by atoms with van der Waals surface area (Å²) in [6.07, 6.45) is 3.67. The van der Waals surface area contributed by atoms with Crippen LogP contribution in [-0.4, -0.2) is 31.1 Å². The van der Waals surface area contributed by atoms with Crippen LogP contribution in [0.15, 0.2) is 12.1 Å². The highest BCUT2D eigenvalue weighted by Gasteiger charge is 2.12. The standard InChI is InChI=1S/C13H16F2NO/c14-11-5-4-6-12(15)13(11)17-10-9-16-7-2-1-3-8-16/h5-6H,1-3,7-10H2. The number of hydrogen-bond acceptors (Lipinski definition) is 2. The minimum atomic E-state index is -0.691. The number of ether oxygens (including phenoxy) is 1. The second-order valence-corrected chi connectivity index (χ2v) is 4.23. The molecule has 1 aromatic rings. The van der Waals surface area contributed by atoms with Crippen LogP contribution >= 0.6 is 0 Å². The van der Waals surface area contributed by atoms with E-state index >= 15 is 0 Å². The molecule has 2 nitrogen and oxygen atoms in total. The molecule has 1 saturated heterocycles. The van der Waals surface area contributed by atoms with Gasteiger partial charge in [-0.25, -0.2) is 8.78 Å². The van der Waals surface area contributed by atoms with Crippen LogP contribution in [-0.2, 0) is 0 Å². The maximum absolute atomic E-state index is 13.2. The van der Waals surface area contributed by atoms with Gasteiger partial charge in [-0.2, -0.15) is 0 Å². The van der Waals surface area contributed by atoms with Crippen LogP contribution < -0.4 is 4.74 Å². The van der Waals surface area contributed by atoms with Gasteiger partial charge in [0.1, 0.15) is 6.61 Å². The molecule has 1 aliphatic rings. The summed E-state index contributed by atoms with van der Waals surface area (Å²) >= 11 is 0. The molecule has 0 atom stereocenters. The van der Waals surface area contributed by atoms with Crippen molar-refractivity contribution in [2.24, 2.45) is 0 Å². The van der Waals surface area contributed by atoms with Crippen molar-refractivity contribution in [1.29, 1.82) is 0 Å². The highest BCUT2D eigenvalue weighted by Crippen LogP contribution is 2.20. The predicted octanol–water partition coefficient (Wildman–Crippen LogP) is 2.63. The molecule has 1 aromatic carbocycles. The van der Waals surface area contributed by atoms with Crippen molar-refractivity contribution in [3.63, 3.8) is 0 Å². The number of likely N-dealkylation sites (tertiary alicyclic amines) is 1. The number of nitrogens with zero attached hydrogens (tertiary/aromatic N) is 1. The van der Waals surface area contributed by atoms with E-state index in [-0.39, 0.29) is 5.75 Å². The zero-order valence-corrected chi connectivity index (χ0v) is 9.72. The summed E-state index contributed by atoms with van der Waals surface area (Å²) in [4.78, 5) is 2.26. The molecule has 0 bridgehead atoms. The summed E-state index contributed by atoms with van der Waals surface area (Å²) in [5, 5.41) is 0. The zero-order chi connectivity index (χ0) is 12.1. The lowest BCUT2D eigenvalue weighted by molar-refractivity contribution is 0.177. The van der Waals surface area contributed by atoms with Gasteiger partial charge in [0.15, 0.2) is 17.4 Å². The molecule has 2 rings (SSSR count). The van der Waals surface area contributed by atoms with Gasteiger partial charge in [0.25, 0.3) is 0 Å². The summed E-state index contributed by atoms with van der Waals surface area (Å²) in [6, 6.07) is 4.53. The van der Waals surface area contributed by atoms with Gasteiger partial charge in [-0.15, -0.1) is 0 Å². The van der Waals surface area contributed by atoms with Gasteiger partial charge < -0.3 is 4.74 Å². The van der Waals surface area contributed by atoms with Gasteiger partial charge in [-0.05, 0) is 44.1 Å². The number of rotatable bonds is 4. The van der Waals surface area contributed by atoms with E-state index in [1.165, 1.54) is 19.3 Å². The predicted molar refractivity (Wildman–Crippen MR) is 61.0 cm³/mol. The van der Waals surface area contributed by atoms with Crippen LogP contribution in [0, 0.1) is 17.7 Å². The van der Waals surface area contributed by atoms with Crippen LogP contribution in [0.25, 0.3) is 0 Å². The van der Waals surface area contributed by atoms with Crippen molar-refractivity contribution >= 4 is 0 Å². The Balaban J connectivity index is 1.81. The molecule has 1 radical (unpaired) electrons. The van der Waals surface area contributed by atoms with Gasteiger partial charge in [-0.3, -0.25) is 4.90 Å². The topological polar surface area (TPSA) is 12.5 Å². The third kappa shape index (κ3) is 3.40. The van der Waals surface area contributed by atoms with E-state index in [1.54, 1.807) is 0 Å². The normalized spacial score (nSPS) is 17.1. The van der Waals surface area contributed by atoms with Gasteiger partial charge in [0, 0.05) is 6.54 Å². The molecule has 1 fully saturated rings. The Morgan fingerprint density at radius 2 is 1.76 bits per heavy atom. The smallest absolute Gasteiger partial charge is 0.190 e. The summed E-state index contributed by atoms with van der Waals surface area (Å²) in [6.45, 7) is 3.14. The van der Waals surface area contributed by atoms with E-state index in [0.717, 1.165) is 31.8 Å². The fourth-order valence-corrected chi connectivity index (χ4v) is 2.03. The molecule has 0 saturated carbocycles. The van der Waals surface area contributed by atoms with E-state index in [9.17, 15) is 8.78 Å². The fraction of sp³-hybridized carbons (Fsp3) is 0.538. The summed E-state index contributed by atoms with van der Waals surface area (Å²) < 4.78 is 31.6. The lowest BCUT2D eigenvalue weighted by Crippen LogP contribution is -2.33. The molecule has 93 valence electrons. The molecule has 0 aliphatic carbocycles. The zero-order valence-electron chi connectivity index (χ0n) is 9.72. The SMILES string of the molecule is Fc1c[c]cc(F)c1OCCN1CCCCC1. The van der Waals surface area contributed by atoms with E-state index < -0.39 is 11.6 Å². The summed E-state index contributed by atoms with van der Waals surface area (Å²) in [5.41, 5.74) is 0. The average molecular weight is 240 g/mol. The van der Waals surface area contributed by atoms with Gasteiger partial charge >= 0.3 is 0 Å².